The van der Waals surface area contributed by atoms with Crippen LogP contribution in [-0.4, -0.2) is 40.1 Å². The predicted octanol–water partition coefficient (Wildman–Crippen LogP) is 1.85. The van der Waals surface area contributed by atoms with Crippen LogP contribution >= 0.6 is 0 Å². The van der Waals surface area contributed by atoms with Gasteiger partial charge in [0.2, 0.25) is 0 Å². The smallest absolute Gasteiger partial charge is 0.274 e. The number of likely N-dealkylation sites (tertiary alicyclic amines) is 1. The van der Waals surface area contributed by atoms with Crippen molar-refractivity contribution < 1.29 is 4.79 Å². The highest BCUT2D eigenvalue weighted by Gasteiger charge is 2.35. The summed E-state index contributed by atoms with van der Waals surface area (Å²) in [4.78, 5) is 14.4. The summed E-state index contributed by atoms with van der Waals surface area (Å²) in [5.74, 6) is 0.760. The lowest BCUT2D eigenvalue weighted by Crippen LogP contribution is -2.32. The maximum absolute atomic E-state index is 12.6. The minimum absolute atomic E-state index is 0.0166. The SMILES string of the molecule is N[C@@H]1CN(C(=O)c2cc(C3CC3)[nH]n2)C[C@H]1c1ccccc1. The van der Waals surface area contributed by atoms with Crippen LogP contribution < -0.4 is 5.73 Å². The number of nitrogens with one attached hydrogen (secondary N) is 1. The van der Waals surface area contributed by atoms with Gasteiger partial charge in [0.25, 0.3) is 5.91 Å². The van der Waals surface area contributed by atoms with E-state index in [0.29, 0.717) is 24.7 Å². The zero-order valence-corrected chi connectivity index (χ0v) is 12.4. The van der Waals surface area contributed by atoms with Crippen LogP contribution in [0.15, 0.2) is 36.4 Å². The first-order valence-corrected chi connectivity index (χ1v) is 7.87. The van der Waals surface area contributed by atoms with Crippen molar-refractivity contribution in [3.8, 4) is 0 Å². The Morgan fingerprint density at radius 1 is 1.23 bits per heavy atom. The van der Waals surface area contributed by atoms with Gasteiger partial charge < -0.3 is 10.6 Å². The maximum atomic E-state index is 12.6. The Bertz CT molecular complexity index is 677. The zero-order valence-electron chi connectivity index (χ0n) is 12.4. The van der Waals surface area contributed by atoms with E-state index in [1.165, 1.54) is 18.4 Å². The number of nitrogens with two attached hydrogens (primary N) is 1. The van der Waals surface area contributed by atoms with Crippen molar-refractivity contribution in [1.82, 2.24) is 15.1 Å². The van der Waals surface area contributed by atoms with E-state index in [-0.39, 0.29) is 17.9 Å². The second-order valence-corrected chi connectivity index (χ2v) is 6.37. The number of amides is 1. The van der Waals surface area contributed by atoms with Gasteiger partial charge in [0.05, 0.1) is 0 Å². The summed E-state index contributed by atoms with van der Waals surface area (Å²) in [6, 6.07) is 12.1. The molecule has 1 amide bonds. The largest absolute Gasteiger partial charge is 0.335 e. The fourth-order valence-corrected chi connectivity index (χ4v) is 3.26. The number of carbonyl (C=O) groups is 1. The van der Waals surface area contributed by atoms with Crippen molar-refractivity contribution in [2.75, 3.05) is 13.1 Å². The van der Waals surface area contributed by atoms with Crippen LogP contribution in [0, 0.1) is 0 Å². The molecule has 1 aliphatic carbocycles. The molecular weight excluding hydrogens is 276 g/mol. The minimum Gasteiger partial charge on any atom is -0.335 e. The number of hydrogen-bond donors (Lipinski definition) is 2. The Morgan fingerprint density at radius 3 is 2.73 bits per heavy atom. The molecule has 1 aromatic heterocycles. The predicted molar refractivity (Wildman–Crippen MR) is 83.6 cm³/mol. The maximum Gasteiger partial charge on any atom is 0.274 e. The number of aromatic amines is 1. The number of rotatable bonds is 3. The summed E-state index contributed by atoms with van der Waals surface area (Å²) in [5, 5.41) is 7.19. The average Bonchev–Trinajstić information content (AvgIpc) is 3.15. The standard InChI is InChI=1S/C17H20N4O/c18-14-10-21(9-13(14)11-4-2-1-3-5-11)17(22)16-8-15(19-20-16)12-6-7-12/h1-5,8,12-14H,6-7,9-10,18H2,(H,19,20)/t13-,14+/m0/s1. The van der Waals surface area contributed by atoms with Crippen molar-refractivity contribution in [2.45, 2.75) is 30.7 Å². The van der Waals surface area contributed by atoms with Crippen molar-refractivity contribution in [3.63, 3.8) is 0 Å². The van der Waals surface area contributed by atoms with Crippen LogP contribution in [0.1, 0.15) is 46.4 Å². The summed E-state index contributed by atoms with van der Waals surface area (Å²) >= 11 is 0. The molecule has 0 radical (unpaired) electrons. The molecule has 2 fully saturated rings. The Balaban J connectivity index is 1.49. The lowest BCUT2D eigenvalue weighted by atomic mass is 9.95. The summed E-state index contributed by atoms with van der Waals surface area (Å²) < 4.78 is 0. The van der Waals surface area contributed by atoms with E-state index in [1.54, 1.807) is 0 Å². The highest BCUT2D eigenvalue weighted by molar-refractivity contribution is 5.92. The molecule has 114 valence electrons. The van der Waals surface area contributed by atoms with Gasteiger partial charge in [-0.25, -0.2) is 0 Å². The van der Waals surface area contributed by atoms with E-state index >= 15 is 0 Å². The van der Waals surface area contributed by atoms with E-state index in [0.717, 1.165) is 5.69 Å². The van der Waals surface area contributed by atoms with E-state index in [4.69, 9.17) is 5.73 Å². The Hall–Kier alpha value is -2.14. The molecule has 5 heteroatoms. The highest BCUT2D eigenvalue weighted by Crippen LogP contribution is 2.39. The number of benzene rings is 1. The minimum atomic E-state index is -0.0202. The van der Waals surface area contributed by atoms with Crippen molar-refractivity contribution in [3.05, 3.63) is 53.3 Å². The first-order valence-electron chi connectivity index (χ1n) is 7.87. The molecule has 1 saturated heterocycles. The Kier molecular flexibility index (Phi) is 3.22. The van der Waals surface area contributed by atoms with Crippen LogP contribution in [0.3, 0.4) is 0 Å². The molecule has 3 N–H and O–H groups in total. The average molecular weight is 296 g/mol. The van der Waals surface area contributed by atoms with E-state index in [2.05, 4.69) is 22.3 Å². The molecule has 2 aliphatic rings. The van der Waals surface area contributed by atoms with Gasteiger partial charge in [-0.3, -0.25) is 9.89 Å². The van der Waals surface area contributed by atoms with Crippen LogP contribution in [-0.2, 0) is 0 Å². The molecule has 5 nitrogen and oxygen atoms in total. The third-order valence-corrected chi connectivity index (χ3v) is 4.71. The second-order valence-electron chi connectivity index (χ2n) is 6.37. The van der Waals surface area contributed by atoms with Crippen LogP contribution in [0.4, 0.5) is 0 Å². The summed E-state index contributed by atoms with van der Waals surface area (Å²) in [7, 11) is 0. The van der Waals surface area contributed by atoms with Gasteiger partial charge in [-0.05, 0) is 24.5 Å². The fraction of sp³-hybridized carbons (Fsp3) is 0.412. The van der Waals surface area contributed by atoms with Crippen LogP contribution in [0.25, 0.3) is 0 Å². The van der Waals surface area contributed by atoms with Gasteiger partial charge in [0, 0.05) is 36.7 Å². The van der Waals surface area contributed by atoms with Gasteiger partial charge in [-0.2, -0.15) is 5.10 Å². The first-order chi connectivity index (χ1) is 10.7. The van der Waals surface area contributed by atoms with Gasteiger partial charge in [-0.1, -0.05) is 30.3 Å². The molecule has 4 rings (SSSR count). The summed E-state index contributed by atoms with van der Waals surface area (Å²) in [6.45, 7) is 1.25. The van der Waals surface area contributed by atoms with Gasteiger partial charge in [0.15, 0.2) is 0 Å². The topological polar surface area (TPSA) is 75.0 Å². The lowest BCUT2D eigenvalue weighted by Gasteiger charge is -2.15. The van der Waals surface area contributed by atoms with Crippen molar-refractivity contribution in [1.29, 1.82) is 0 Å². The monoisotopic (exact) mass is 296 g/mol. The highest BCUT2D eigenvalue weighted by atomic mass is 16.2. The van der Waals surface area contributed by atoms with Crippen LogP contribution in [0.5, 0.6) is 0 Å². The van der Waals surface area contributed by atoms with E-state index < -0.39 is 0 Å². The Labute approximate surface area is 129 Å². The third kappa shape index (κ3) is 2.41. The third-order valence-electron chi connectivity index (χ3n) is 4.71. The van der Waals surface area contributed by atoms with Crippen molar-refractivity contribution >= 4 is 5.91 Å². The molecule has 2 aromatic rings. The quantitative estimate of drug-likeness (QED) is 0.907. The second kappa shape index (κ2) is 5.25. The molecule has 1 aromatic carbocycles. The zero-order chi connectivity index (χ0) is 15.1. The molecule has 22 heavy (non-hydrogen) atoms. The number of H-pyrrole nitrogens is 1. The molecule has 2 heterocycles. The first kappa shape index (κ1) is 13.5. The van der Waals surface area contributed by atoms with Gasteiger partial charge >= 0.3 is 0 Å². The number of nitrogens with zero attached hydrogens (tertiary/aromatic N) is 2. The molecular formula is C17H20N4O. The molecule has 2 atom stereocenters. The Morgan fingerprint density at radius 2 is 2.00 bits per heavy atom. The van der Waals surface area contributed by atoms with E-state index in [1.807, 2.05) is 29.2 Å². The molecule has 0 unspecified atom stereocenters. The normalized spacial score (nSPS) is 24.7. The molecule has 0 spiro atoms. The molecule has 1 aliphatic heterocycles. The van der Waals surface area contributed by atoms with E-state index in [9.17, 15) is 4.79 Å². The number of aromatic nitrogens is 2. The van der Waals surface area contributed by atoms with Crippen LogP contribution in [0.2, 0.25) is 0 Å². The van der Waals surface area contributed by atoms with Gasteiger partial charge in [0.1, 0.15) is 5.69 Å². The van der Waals surface area contributed by atoms with Gasteiger partial charge in [-0.15, -0.1) is 0 Å². The van der Waals surface area contributed by atoms with Crippen molar-refractivity contribution in [2.24, 2.45) is 5.73 Å². The number of carbonyl (C=O) groups excluding carboxylic acids is 1. The fourth-order valence-electron chi connectivity index (χ4n) is 3.26. The lowest BCUT2D eigenvalue weighted by molar-refractivity contribution is 0.0783. The molecule has 1 saturated carbocycles. The summed E-state index contributed by atoms with van der Waals surface area (Å²) in [5.41, 5.74) is 9.06. The molecule has 0 bridgehead atoms. The summed E-state index contributed by atoms with van der Waals surface area (Å²) in [6.07, 6.45) is 2.39. The number of hydrogen-bond acceptors (Lipinski definition) is 3.